The van der Waals surface area contributed by atoms with Gasteiger partial charge in [-0.2, -0.15) is 31.0 Å². The van der Waals surface area contributed by atoms with Gasteiger partial charge in [0.15, 0.2) is 5.65 Å². The number of halogens is 6. The van der Waals surface area contributed by atoms with E-state index in [-0.39, 0.29) is 11.0 Å². The lowest BCUT2D eigenvalue weighted by atomic mass is 10.1. The molecule has 1 aliphatic heterocycles. The predicted molar refractivity (Wildman–Crippen MR) is 69.4 cm³/mol. The number of fused-ring (bicyclic) bond motifs is 3. The molecule has 0 bridgehead atoms. The highest BCUT2D eigenvalue weighted by Gasteiger charge is 2.74. The summed E-state index contributed by atoms with van der Waals surface area (Å²) in [5.74, 6) is -0.714. The molecule has 0 aromatic carbocycles. The molecule has 12 heteroatoms. The van der Waals surface area contributed by atoms with Crippen LogP contribution >= 0.6 is 0 Å². The number of pyridine rings is 1. The number of aromatic nitrogens is 3. The molecule has 130 valence electrons. The average Bonchev–Trinajstić information content (AvgIpc) is 2.74. The Kier molecular flexibility index (Phi) is 3.07. The van der Waals surface area contributed by atoms with Crippen LogP contribution in [-0.4, -0.2) is 38.8 Å². The summed E-state index contributed by atoms with van der Waals surface area (Å²) in [6, 6.07) is -0.199. The number of hydrogen-bond donors (Lipinski definition) is 2. The highest BCUT2D eigenvalue weighted by atomic mass is 19.4. The molecule has 0 unspecified atom stereocenters. The molecule has 0 fully saturated rings. The fraction of sp³-hybridized carbons (Fsp3) is 0.417. The summed E-state index contributed by atoms with van der Waals surface area (Å²) < 4.78 is 79.5. The Balaban J connectivity index is 2.32. The molecule has 0 atom stereocenters. The number of aryl methyl sites for hydroxylation is 2. The van der Waals surface area contributed by atoms with Crippen molar-refractivity contribution in [2.45, 2.75) is 31.9 Å². The molecular formula is C12H9F6N5O. The molecule has 0 saturated carbocycles. The highest BCUT2D eigenvalue weighted by molar-refractivity contribution is 5.98. The Morgan fingerprint density at radius 3 is 2.21 bits per heavy atom. The zero-order chi connectivity index (χ0) is 18.1. The number of alkyl halides is 6. The maximum atomic E-state index is 13.2. The van der Waals surface area contributed by atoms with Crippen LogP contribution in [0.4, 0.5) is 37.0 Å². The second-order valence-corrected chi connectivity index (χ2v) is 5.34. The van der Waals surface area contributed by atoms with E-state index in [0.717, 1.165) is 5.32 Å². The highest BCUT2D eigenvalue weighted by Crippen LogP contribution is 2.46. The molecule has 2 N–H and O–H groups in total. The van der Waals surface area contributed by atoms with Gasteiger partial charge in [0.2, 0.25) is 0 Å². The van der Waals surface area contributed by atoms with Gasteiger partial charge in [0, 0.05) is 5.69 Å². The minimum atomic E-state index is -5.84. The Bertz CT molecular complexity index is 838. The van der Waals surface area contributed by atoms with Crippen molar-refractivity contribution in [2.75, 3.05) is 5.32 Å². The van der Waals surface area contributed by atoms with Crippen molar-refractivity contribution in [2.24, 2.45) is 0 Å². The second kappa shape index (κ2) is 4.51. The number of carbonyl (C=O) groups is 1. The van der Waals surface area contributed by atoms with E-state index in [1.54, 1.807) is 6.92 Å². The molecule has 1 amide bonds. The van der Waals surface area contributed by atoms with Crippen LogP contribution in [0.15, 0.2) is 6.07 Å². The summed E-state index contributed by atoms with van der Waals surface area (Å²) in [6.07, 6.45) is -11.7. The Hall–Kier alpha value is -2.53. The molecule has 0 aliphatic carbocycles. The standard InChI is InChI=1S/C12H9F6N5O/c1-4-3-5(2)19-7-6(4)8-20-10(11(13,14)15,12(16,17)18)21-9(24)23(8)22-7/h3,20H,1-2H3,(H,21,24). The van der Waals surface area contributed by atoms with Gasteiger partial charge in [0.25, 0.3) is 0 Å². The number of anilines is 1. The van der Waals surface area contributed by atoms with Crippen molar-refractivity contribution in [3.63, 3.8) is 0 Å². The van der Waals surface area contributed by atoms with Crippen molar-refractivity contribution in [1.82, 2.24) is 20.1 Å². The van der Waals surface area contributed by atoms with E-state index in [9.17, 15) is 31.1 Å². The van der Waals surface area contributed by atoms with E-state index in [2.05, 4.69) is 10.1 Å². The maximum absolute atomic E-state index is 13.2. The van der Waals surface area contributed by atoms with Crippen molar-refractivity contribution < 1.29 is 31.1 Å². The van der Waals surface area contributed by atoms with E-state index < -0.39 is 29.9 Å². The monoisotopic (exact) mass is 353 g/mol. The van der Waals surface area contributed by atoms with Gasteiger partial charge in [-0.25, -0.2) is 9.78 Å². The number of nitrogens with zero attached hydrogens (tertiary/aromatic N) is 3. The second-order valence-electron chi connectivity index (χ2n) is 5.34. The smallest absolute Gasteiger partial charge is 0.332 e. The van der Waals surface area contributed by atoms with Crippen LogP contribution in [-0.2, 0) is 0 Å². The zero-order valence-electron chi connectivity index (χ0n) is 12.1. The SMILES string of the molecule is Cc1cc(C)c2c3n(nc2n1)C(=O)NC(C(F)(F)F)(C(F)(F)F)N3. The van der Waals surface area contributed by atoms with E-state index in [4.69, 9.17) is 0 Å². The number of amides is 1. The van der Waals surface area contributed by atoms with Crippen molar-refractivity contribution in [3.05, 3.63) is 17.3 Å². The first-order chi connectivity index (χ1) is 10.9. The first-order valence-electron chi connectivity index (χ1n) is 6.48. The van der Waals surface area contributed by atoms with E-state index in [0.29, 0.717) is 15.9 Å². The fourth-order valence-corrected chi connectivity index (χ4v) is 2.56. The van der Waals surface area contributed by atoms with Gasteiger partial charge < -0.3 is 5.32 Å². The Morgan fingerprint density at radius 1 is 1.08 bits per heavy atom. The van der Waals surface area contributed by atoms with Crippen molar-refractivity contribution in [3.8, 4) is 0 Å². The molecule has 0 spiro atoms. The lowest BCUT2D eigenvalue weighted by Gasteiger charge is -2.41. The van der Waals surface area contributed by atoms with Crippen LogP contribution < -0.4 is 10.6 Å². The topological polar surface area (TPSA) is 71.8 Å². The molecule has 2 aromatic heterocycles. The van der Waals surface area contributed by atoms with Gasteiger partial charge in [0.05, 0.1) is 5.39 Å². The van der Waals surface area contributed by atoms with Crippen LogP contribution in [0.3, 0.4) is 0 Å². The predicted octanol–water partition coefficient (Wildman–Crippen LogP) is 2.85. The fourth-order valence-electron chi connectivity index (χ4n) is 2.56. The van der Waals surface area contributed by atoms with Crippen LogP contribution in [0.5, 0.6) is 0 Å². The van der Waals surface area contributed by atoms with Gasteiger partial charge in [-0.3, -0.25) is 5.32 Å². The lowest BCUT2D eigenvalue weighted by molar-refractivity contribution is -0.294. The third-order valence-electron chi connectivity index (χ3n) is 3.61. The van der Waals surface area contributed by atoms with Gasteiger partial charge in [-0.15, -0.1) is 5.10 Å². The van der Waals surface area contributed by atoms with E-state index in [1.807, 2.05) is 0 Å². The van der Waals surface area contributed by atoms with E-state index >= 15 is 0 Å². The molecule has 3 heterocycles. The number of rotatable bonds is 0. The quantitative estimate of drug-likeness (QED) is 0.715. The van der Waals surface area contributed by atoms with Crippen LogP contribution in [0.2, 0.25) is 0 Å². The van der Waals surface area contributed by atoms with Gasteiger partial charge in [-0.1, -0.05) is 0 Å². The largest absolute Gasteiger partial charge is 0.439 e. The minimum Gasteiger partial charge on any atom is -0.332 e. The third-order valence-corrected chi connectivity index (χ3v) is 3.61. The first kappa shape index (κ1) is 16.3. The van der Waals surface area contributed by atoms with Crippen LogP contribution in [0, 0.1) is 13.8 Å². The summed E-state index contributed by atoms with van der Waals surface area (Å²) >= 11 is 0. The Labute approximate surface area is 129 Å². The molecule has 2 aromatic rings. The molecule has 3 rings (SSSR count). The van der Waals surface area contributed by atoms with Crippen LogP contribution in [0.1, 0.15) is 11.3 Å². The molecule has 1 aliphatic rings. The minimum absolute atomic E-state index is 0.0895. The number of carbonyl (C=O) groups excluding carboxylic acids is 1. The van der Waals surface area contributed by atoms with E-state index in [1.165, 1.54) is 18.3 Å². The summed E-state index contributed by atoms with van der Waals surface area (Å²) in [5, 5.41) is 5.91. The Morgan fingerprint density at radius 2 is 1.67 bits per heavy atom. The first-order valence-corrected chi connectivity index (χ1v) is 6.48. The summed E-state index contributed by atoms with van der Waals surface area (Å²) in [7, 11) is 0. The molecule has 0 radical (unpaired) electrons. The number of nitrogens with one attached hydrogen (secondary N) is 2. The van der Waals surface area contributed by atoms with Gasteiger partial charge >= 0.3 is 24.0 Å². The molecular weight excluding hydrogens is 344 g/mol. The van der Waals surface area contributed by atoms with Crippen molar-refractivity contribution >= 4 is 22.9 Å². The molecule has 0 saturated heterocycles. The zero-order valence-corrected chi connectivity index (χ0v) is 12.1. The molecule has 6 nitrogen and oxygen atoms in total. The number of hydrogen-bond acceptors (Lipinski definition) is 4. The summed E-state index contributed by atoms with van der Waals surface area (Å²) in [6.45, 7) is 3.05. The maximum Gasteiger partial charge on any atom is 0.439 e. The van der Waals surface area contributed by atoms with Crippen LogP contribution in [0.25, 0.3) is 11.0 Å². The third kappa shape index (κ3) is 2.01. The average molecular weight is 353 g/mol. The van der Waals surface area contributed by atoms with Gasteiger partial charge in [0.1, 0.15) is 5.82 Å². The van der Waals surface area contributed by atoms with Gasteiger partial charge in [-0.05, 0) is 25.5 Å². The normalized spacial score (nSPS) is 17.4. The lowest BCUT2D eigenvalue weighted by Crippen LogP contribution is -2.74. The summed E-state index contributed by atoms with van der Waals surface area (Å²) in [5.41, 5.74) is -3.96. The summed E-state index contributed by atoms with van der Waals surface area (Å²) in [4.78, 5) is 15.8. The van der Waals surface area contributed by atoms with Crippen molar-refractivity contribution in [1.29, 1.82) is 0 Å². The molecule has 24 heavy (non-hydrogen) atoms.